The Bertz CT molecular complexity index is 707. The highest BCUT2D eigenvalue weighted by Gasteiger charge is 2.31. The first-order valence-corrected chi connectivity index (χ1v) is 8.35. The third-order valence-electron chi connectivity index (χ3n) is 3.53. The lowest BCUT2D eigenvalue weighted by Crippen LogP contribution is -2.36. The first kappa shape index (κ1) is 15.3. The van der Waals surface area contributed by atoms with E-state index in [1.165, 1.54) is 8.71 Å². The third-order valence-corrected chi connectivity index (χ3v) is 5.84. The number of imidazole rings is 1. The van der Waals surface area contributed by atoms with Gasteiger partial charge in [0.15, 0.2) is 10.2 Å². The van der Waals surface area contributed by atoms with E-state index in [1.807, 2.05) is 13.8 Å². The number of pyridine rings is 1. The van der Waals surface area contributed by atoms with E-state index in [2.05, 4.69) is 4.98 Å². The zero-order chi connectivity index (χ0) is 14.9. The summed E-state index contributed by atoms with van der Waals surface area (Å²) in [6, 6.07) is 5.22. The topological polar surface area (TPSA) is 54.7 Å². The van der Waals surface area contributed by atoms with Crippen molar-refractivity contribution in [1.29, 1.82) is 0 Å². The van der Waals surface area contributed by atoms with E-state index >= 15 is 0 Å². The molecule has 0 N–H and O–H groups in total. The maximum absolute atomic E-state index is 12.8. The van der Waals surface area contributed by atoms with Crippen LogP contribution in [0.15, 0.2) is 29.4 Å². The first-order chi connectivity index (χ1) is 9.43. The molecule has 0 fully saturated rings. The Morgan fingerprint density at radius 3 is 2.60 bits per heavy atom. The van der Waals surface area contributed by atoms with Gasteiger partial charge < -0.3 is 0 Å². The van der Waals surface area contributed by atoms with Gasteiger partial charge in [0.2, 0.25) is 0 Å². The molecule has 0 aromatic carbocycles. The van der Waals surface area contributed by atoms with Gasteiger partial charge in [-0.1, -0.05) is 31.5 Å². The summed E-state index contributed by atoms with van der Waals surface area (Å²) in [5.41, 5.74) is 0.522. The summed E-state index contributed by atoms with van der Waals surface area (Å²) in [6.45, 7) is 3.94. The van der Waals surface area contributed by atoms with Gasteiger partial charge in [0.05, 0.1) is 0 Å². The molecule has 0 atom stereocenters. The maximum Gasteiger partial charge on any atom is 0.262 e. The second kappa shape index (κ2) is 5.71. The molecule has 0 saturated carbocycles. The highest BCUT2D eigenvalue weighted by Crippen LogP contribution is 2.27. The van der Waals surface area contributed by atoms with Crippen LogP contribution in [0.1, 0.15) is 26.7 Å². The molecule has 0 spiro atoms. The van der Waals surface area contributed by atoms with Crippen molar-refractivity contribution in [3.8, 4) is 0 Å². The van der Waals surface area contributed by atoms with Crippen molar-refractivity contribution in [3.63, 3.8) is 0 Å². The summed E-state index contributed by atoms with van der Waals surface area (Å²) in [4.78, 5) is 4.10. The zero-order valence-electron chi connectivity index (χ0n) is 11.7. The number of aromatic nitrogens is 2. The standard InChI is InChI=1S/C13H18ClN3O2S/c1-4-10(5-2)16(3)20(18,19)13-12(14)15-11-8-6-7-9-17(11)13/h6-10H,4-5H2,1-3H3. The predicted molar refractivity (Wildman–Crippen MR) is 79.5 cm³/mol. The molecule has 0 radical (unpaired) electrons. The number of fused-ring (bicyclic) bond motifs is 1. The van der Waals surface area contributed by atoms with E-state index in [-0.39, 0.29) is 16.2 Å². The Hall–Kier alpha value is -1.11. The predicted octanol–water partition coefficient (Wildman–Crippen LogP) is 2.80. The van der Waals surface area contributed by atoms with Crippen molar-refractivity contribution < 1.29 is 8.42 Å². The molecule has 0 bridgehead atoms. The molecule has 0 aliphatic heterocycles. The first-order valence-electron chi connectivity index (χ1n) is 6.54. The summed E-state index contributed by atoms with van der Waals surface area (Å²) in [7, 11) is -2.09. The minimum atomic E-state index is -3.67. The number of rotatable bonds is 5. The number of nitrogens with zero attached hydrogens (tertiary/aromatic N) is 3. The number of sulfonamides is 1. The highest BCUT2D eigenvalue weighted by molar-refractivity contribution is 7.89. The van der Waals surface area contributed by atoms with Gasteiger partial charge in [-0.2, -0.15) is 4.31 Å². The molecule has 7 heteroatoms. The fraction of sp³-hybridized carbons (Fsp3) is 0.462. The van der Waals surface area contributed by atoms with E-state index in [0.29, 0.717) is 5.65 Å². The van der Waals surface area contributed by atoms with Gasteiger partial charge in [0, 0.05) is 19.3 Å². The normalized spacial score (nSPS) is 12.7. The van der Waals surface area contributed by atoms with Crippen LogP contribution < -0.4 is 0 Å². The van der Waals surface area contributed by atoms with Crippen molar-refractivity contribution in [2.45, 2.75) is 37.8 Å². The molecule has 0 saturated heterocycles. The SMILES string of the molecule is CCC(CC)N(C)S(=O)(=O)c1c(Cl)nc2ccccn12. The maximum atomic E-state index is 12.8. The third kappa shape index (κ3) is 2.43. The van der Waals surface area contributed by atoms with Crippen LogP contribution in [-0.4, -0.2) is 35.2 Å². The summed E-state index contributed by atoms with van der Waals surface area (Å²) < 4.78 is 28.4. The van der Waals surface area contributed by atoms with Crippen LogP contribution in [0.2, 0.25) is 5.15 Å². The summed E-state index contributed by atoms with van der Waals surface area (Å²) in [6.07, 6.45) is 3.16. The largest absolute Gasteiger partial charge is 0.288 e. The average Bonchev–Trinajstić information content (AvgIpc) is 2.76. The van der Waals surface area contributed by atoms with E-state index in [0.717, 1.165) is 12.8 Å². The fourth-order valence-corrected chi connectivity index (χ4v) is 4.41. The molecule has 0 unspecified atom stereocenters. The van der Waals surface area contributed by atoms with Gasteiger partial charge in [0.25, 0.3) is 10.0 Å². The van der Waals surface area contributed by atoms with Crippen molar-refractivity contribution >= 4 is 27.3 Å². The van der Waals surface area contributed by atoms with Gasteiger partial charge in [-0.25, -0.2) is 13.4 Å². The van der Waals surface area contributed by atoms with E-state index in [1.54, 1.807) is 31.4 Å². The molecule has 20 heavy (non-hydrogen) atoms. The molecular formula is C13H18ClN3O2S. The molecule has 0 aliphatic carbocycles. The van der Waals surface area contributed by atoms with Gasteiger partial charge in [-0.15, -0.1) is 0 Å². The lowest BCUT2D eigenvalue weighted by atomic mass is 10.2. The van der Waals surface area contributed by atoms with Crippen molar-refractivity contribution in [2.75, 3.05) is 7.05 Å². The minimum absolute atomic E-state index is 0.00834. The van der Waals surface area contributed by atoms with Crippen molar-refractivity contribution in [2.24, 2.45) is 0 Å². The summed E-state index contributed by atoms with van der Waals surface area (Å²) in [5, 5.41) is 0.0400. The Balaban J connectivity index is 2.60. The Morgan fingerprint density at radius 1 is 1.35 bits per heavy atom. The number of halogens is 1. The lowest BCUT2D eigenvalue weighted by molar-refractivity contribution is 0.348. The van der Waals surface area contributed by atoms with Gasteiger partial charge in [0.1, 0.15) is 5.65 Å². The molecule has 0 aliphatic rings. The quantitative estimate of drug-likeness (QED) is 0.852. The van der Waals surface area contributed by atoms with Crippen molar-refractivity contribution in [3.05, 3.63) is 29.5 Å². The van der Waals surface area contributed by atoms with Crippen LogP contribution in [0, 0.1) is 0 Å². The minimum Gasteiger partial charge on any atom is -0.288 e. The number of hydrogen-bond acceptors (Lipinski definition) is 3. The van der Waals surface area contributed by atoms with E-state index in [4.69, 9.17) is 11.6 Å². The Labute approximate surface area is 124 Å². The van der Waals surface area contributed by atoms with Crippen LogP contribution >= 0.6 is 11.6 Å². The van der Waals surface area contributed by atoms with Crippen LogP contribution in [0.3, 0.4) is 0 Å². The summed E-state index contributed by atoms with van der Waals surface area (Å²) in [5.74, 6) is 0. The Morgan fingerprint density at radius 2 is 2.00 bits per heavy atom. The lowest BCUT2D eigenvalue weighted by Gasteiger charge is -2.25. The average molecular weight is 316 g/mol. The van der Waals surface area contributed by atoms with Crippen LogP contribution in [0.4, 0.5) is 0 Å². The molecule has 0 amide bonds. The van der Waals surface area contributed by atoms with E-state index in [9.17, 15) is 8.42 Å². The molecule has 110 valence electrons. The van der Waals surface area contributed by atoms with Gasteiger partial charge in [-0.05, 0) is 25.0 Å². The Kier molecular flexibility index (Phi) is 4.36. The molecule has 5 nitrogen and oxygen atoms in total. The molecule has 2 heterocycles. The molecule has 2 rings (SSSR count). The second-order valence-corrected chi connectivity index (χ2v) is 6.90. The smallest absolute Gasteiger partial charge is 0.262 e. The summed E-state index contributed by atoms with van der Waals surface area (Å²) >= 11 is 6.05. The molecular weight excluding hydrogens is 298 g/mol. The van der Waals surface area contributed by atoms with Crippen molar-refractivity contribution in [1.82, 2.24) is 13.7 Å². The highest BCUT2D eigenvalue weighted by atomic mass is 35.5. The van der Waals surface area contributed by atoms with E-state index < -0.39 is 10.0 Å². The van der Waals surface area contributed by atoms with Crippen LogP contribution in [-0.2, 0) is 10.0 Å². The molecule has 2 aromatic rings. The second-order valence-electron chi connectivity index (χ2n) is 4.63. The zero-order valence-corrected chi connectivity index (χ0v) is 13.3. The number of hydrogen-bond donors (Lipinski definition) is 0. The van der Waals surface area contributed by atoms with Crippen LogP contribution in [0.5, 0.6) is 0 Å². The van der Waals surface area contributed by atoms with Gasteiger partial charge >= 0.3 is 0 Å². The monoisotopic (exact) mass is 315 g/mol. The fourth-order valence-electron chi connectivity index (χ4n) is 2.31. The van der Waals surface area contributed by atoms with Crippen LogP contribution in [0.25, 0.3) is 5.65 Å². The van der Waals surface area contributed by atoms with Gasteiger partial charge in [-0.3, -0.25) is 4.40 Å². The molecule has 2 aromatic heterocycles.